The Hall–Kier alpha value is -1.97. The van der Waals surface area contributed by atoms with Crippen molar-refractivity contribution in [1.82, 2.24) is 0 Å². The Balaban J connectivity index is 0.00000225. The van der Waals surface area contributed by atoms with Crippen molar-refractivity contribution < 1.29 is 17.9 Å². The van der Waals surface area contributed by atoms with Crippen LogP contribution in [0.25, 0.3) is 0 Å². The van der Waals surface area contributed by atoms with Gasteiger partial charge in [-0.2, -0.15) is 0 Å². The van der Waals surface area contributed by atoms with Crippen LogP contribution in [0.3, 0.4) is 0 Å². The highest BCUT2D eigenvalue weighted by atomic mass is 127. The third-order valence-corrected chi connectivity index (χ3v) is 3.65. The SMILES string of the molecule is I.NC(=NC1CC1c1ccccc1)Nc1ccc(OC(F)(F)F)cc1. The molecule has 3 N–H and O–H groups in total. The fraction of sp³-hybridized carbons (Fsp3) is 0.235. The number of aliphatic imine (C=N–C) groups is 1. The molecule has 8 heteroatoms. The van der Waals surface area contributed by atoms with Crippen LogP contribution in [-0.2, 0) is 0 Å². The maximum atomic E-state index is 12.1. The van der Waals surface area contributed by atoms with E-state index in [-0.39, 0.29) is 41.7 Å². The number of benzene rings is 2. The zero-order valence-corrected chi connectivity index (χ0v) is 15.4. The summed E-state index contributed by atoms with van der Waals surface area (Å²) in [4.78, 5) is 4.40. The maximum Gasteiger partial charge on any atom is 0.573 e. The van der Waals surface area contributed by atoms with E-state index in [4.69, 9.17) is 5.73 Å². The van der Waals surface area contributed by atoms with Gasteiger partial charge in [0.1, 0.15) is 5.75 Å². The summed E-state index contributed by atoms with van der Waals surface area (Å²) in [5, 5.41) is 2.87. The average molecular weight is 463 g/mol. The Bertz CT molecular complexity index is 720. The maximum absolute atomic E-state index is 12.1. The van der Waals surface area contributed by atoms with Gasteiger partial charge in [0, 0.05) is 11.6 Å². The first-order chi connectivity index (χ1) is 11.4. The number of hydrogen-bond donors (Lipinski definition) is 2. The summed E-state index contributed by atoms with van der Waals surface area (Å²) in [6, 6.07) is 15.5. The molecule has 3 rings (SSSR count). The predicted molar refractivity (Wildman–Crippen MR) is 101 cm³/mol. The van der Waals surface area contributed by atoms with Gasteiger partial charge in [-0.3, -0.25) is 0 Å². The quantitative estimate of drug-likeness (QED) is 0.399. The lowest BCUT2D eigenvalue weighted by Crippen LogP contribution is -2.23. The number of guanidine groups is 1. The molecule has 1 aliphatic rings. The molecule has 4 nitrogen and oxygen atoms in total. The van der Waals surface area contributed by atoms with Gasteiger partial charge in [-0.15, -0.1) is 37.1 Å². The van der Waals surface area contributed by atoms with E-state index in [0.717, 1.165) is 6.42 Å². The third-order valence-electron chi connectivity index (χ3n) is 3.65. The molecular formula is C17H17F3IN3O. The van der Waals surface area contributed by atoms with Crippen LogP contribution in [-0.4, -0.2) is 18.4 Å². The second-order valence-corrected chi connectivity index (χ2v) is 5.53. The van der Waals surface area contributed by atoms with Gasteiger partial charge in [-0.05, 0) is 36.2 Å². The highest BCUT2D eigenvalue weighted by molar-refractivity contribution is 14.0. The van der Waals surface area contributed by atoms with Gasteiger partial charge in [0.05, 0.1) is 6.04 Å². The first-order valence-electron chi connectivity index (χ1n) is 7.42. The lowest BCUT2D eigenvalue weighted by molar-refractivity contribution is -0.274. The van der Waals surface area contributed by atoms with Gasteiger partial charge in [-0.25, -0.2) is 4.99 Å². The molecule has 2 atom stereocenters. The molecule has 1 fully saturated rings. The second-order valence-electron chi connectivity index (χ2n) is 5.53. The van der Waals surface area contributed by atoms with Crippen molar-refractivity contribution in [2.24, 2.45) is 10.7 Å². The van der Waals surface area contributed by atoms with Crippen molar-refractivity contribution in [3.8, 4) is 5.75 Å². The van der Waals surface area contributed by atoms with Crippen LogP contribution in [0.4, 0.5) is 18.9 Å². The predicted octanol–water partition coefficient (Wildman–Crippen LogP) is 4.49. The Morgan fingerprint density at radius 3 is 2.32 bits per heavy atom. The minimum atomic E-state index is -4.70. The molecule has 2 unspecified atom stereocenters. The molecule has 0 aromatic heterocycles. The summed E-state index contributed by atoms with van der Waals surface area (Å²) in [5.41, 5.74) is 7.63. The van der Waals surface area contributed by atoms with E-state index in [1.165, 1.54) is 29.8 Å². The van der Waals surface area contributed by atoms with E-state index in [9.17, 15) is 13.2 Å². The van der Waals surface area contributed by atoms with Gasteiger partial charge in [0.25, 0.3) is 0 Å². The fourth-order valence-electron chi connectivity index (χ4n) is 2.48. The van der Waals surface area contributed by atoms with Crippen LogP contribution in [0.15, 0.2) is 59.6 Å². The molecule has 0 radical (unpaired) electrons. The summed E-state index contributed by atoms with van der Waals surface area (Å²) < 4.78 is 40.1. The van der Waals surface area contributed by atoms with Crippen LogP contribution in [0.1, 0.15) is 17.9 Å². The van der Waals surface area contributed by atoms with Crippen LogP contribution >= 0.6 is 24.0 Å². The smallest absolute Gasteiger partial charge is 0.406 e. The zero-order valence-electron chi connectivity index (χ0n) is 13.0. The van der Waals surface area contributed by atoms with Gasteiger partial charge >= 0.3 is 6.36 Å². The molecule has 2 aromatic rings. The van der Waals surface area contributed by atoms with E-state index in [1.807, 2.05) is 18.2 Å². The molecule has 0 saturated heterocycles. The van der Waals surface area contributed by atoms with Crippen LogP contribution in [0, 0.1) is 0 Å². The second kappa shape index (κ2) is 7.94. The number of halogens is 4. The third kappa shape index (κ3) is 5.80. The Morgan fingerprint density at radius 2 is 1.72 bits per heavy atom. The molecule has 1 aliphatic carbocycles. The number of ether oxygens (including phenoxy) is 1. The lowest BCUT2D eigenvalue weighted by atomic mass is 10.1. The zero-order chi connectivity index (χ0) is 17.2. The number of alkyl halides is 3. The number of nitrogens with zero attached hydrogens (tertiary/aromatic N) is 1. The molecule has 134 valence electrons. The minimum Gasteiger partial charge on any atom is -0.406 e. The van der Waals surface area contributed by atoms with Crippen molar-refractivity contribution >= 4 is 35.6 Å². The highest BCUT2D eigenvalue weighted by Crippen LogP contribution is 2.43. The number of rotatable bonds is 4. The van der Waals surface area contributed by atoms with Crippen molar-refractivity contribution in [3.05, 3.63) is 60.2 Å². The van der Waals surface area contributed by atoms with Gasteiger partial charge < -0.3 is 15.8 Å². The standard InChI is InChI=1S/C17H16F3N3O.HI/c18-17(19,20)24-13-8-6-12(7-9-13)22-16(21)23-15-10-14(15)11-4-2-1-3-5-11;/h1-9,14-15H,10H2,(H3,21,22,23);1H. The van der Waals surface area contributed by atoms with Gasteiger partial charge in [0.15, 0.2) is 5.96 Å². The van der Waals surface area contributed by atoms with Crippen molar-refractivity contribution in [2.75, 3.05) is 5.32 Å². The van der Waals surface area contributed by atoms with Gasteiger partial charge in [-0.1, -0.05) is 30.3 Å². The molecular weight excluding hydrogens is 446 g/mol. The van der Waals surface area contributed by atoms with E-state index in [1.54, 1.807) is 0 Å². The first kappa shape index (κ1) is 19.4. The largest absolute Gasteiger partial charge is 0.573 e. The van der Waals surface area contributed by atoms with Crippen molar-refractivity contribution in [2.45, 2.75) is 24.7 Å². The number of nitrogens with two attached hydrogens (primary N) is 1. The van der Waals surface area contributed by atoms with Crippen molar-refractivity contribution in [1.29, 1.82) is 0 Å². The van der Waals surface area contributed by atoms with E-state index in [0.29, 0.717) is 11.6 Å². The fourth-order valence-corrected chi connectivity index (χ4v) is 2.48. The summed E-state index contributed by atoms with van der Waals surface area (Å²) in [5.74, 6) is 0.326. The monoisotopic (exact) mass is 463 g/mol. The number of anilines is 1. The molecule has 0 amide bonds. The number of nitrogens with one attached hydrogen (secondary N) is 1. The molecule has 25 heavy (non-hydrogen) atoms. The lowest BCUT2D eigenvalue weighted by Gasteiger charge is -2.10. The molecule has 0 spiro atoms. The first-order valence-corrected chi connectivity index (χ1v) is 7.42. The normalized spacial score (nSPS) is 19.7. The average Bonchev–Trinajstić information content (AvgIpc) is 3.28. The molecule has 0 bridgehead atoms. The van der Waals surface area contributed by atoms with Crippen LogP contribution < -0.4 is 15.8 Å². The Morgan fingerprint density at radius 1 is 1.08 bits per heavy atom. The van der Waals surface area contributed by atoms with Gasteiger partial charge in [0.2, 0.25) is 0 Å². The molecule has 1 saturated carbocycles. The molecule has 2 aromatic carbocycles. The Labute approximate surface area is 160 Å². The number of hydrogen-bond acceptors (Lipinski definition) is 2. The van der Waals surface area contributed by atoms with Crippen molar-refractivity contribution in [3.63, 3.8) is 0 Å². The Kier molecular flexibility index (Phi) is 6.15. The summed E-state index contributed by atoms with van der Waals surface area (Å²) in [7, 11) is 0. The van der Waals surface area contributed by atoms with Crippen LogP contribution in [0.5, 0.6) is 5.75 Å². The summed E-state index contributed by atoms with van der Waals surface area (Å²) in [6.45, 7) is 0. The summed E-state index contributed by atoms with van der Waals surface area (Å²) in [6.07, 6.45) is -3.77. The van der Waals surface area contributed by atoms with E-state index >= 15 is 0 Å². The van der Waals surface area contributed by atoms with Crippen LogP contribution in [0.2, 0.25) is 0 Å². The minimum absolute atomic E-state index is 0. The molecule has 0 heterocycles. The molecule has 0 aliphatic heterocycles. The summed E-state index contributed by atoms with van der Waals surface area (Å²) >= 11 is 0. The van der Waals surface area contributed by atoms with E-state index in [2.05, 4.69) is 27.2 Å². The topological polar surface area (TPSA) is 59.6 Å². The highest BCUT2D eigenvalue weighted by Gasteiger charge is 2.38. The van der Waals surface area contributed by atoms with E-state index < -0.39 is 6.36 Å².